The maximum absolute atomic E-state index is 11.5. The minimum absolute atomic E-state index is 0.0918. The Hall–Kier alpha value is -1.25. The van der Waals surface area contributed by atoms with Gasteiger partial charge in [-0.25, -0.2) is 4.98 Å². The maximum atomic E-state index is 11.5. The first-order chi connectivity index (χ1) is 6.93. The maximum Gasteiger partial charge on any atom is 0.301 e. The molecule has 1 aromatic heterocycles. The Morgan fingerprint density at radius 1 is 1.53 bits per heavy atom. The molecule has 0 fully saturated rings. The minimum atomic E-state index is -0.529. The van der Waals surface area contributed by atoms with Crippen LogP contribution in [-0.4, -0.2) is 34.8 Å². The summed E-state index contributed by atoms with van der Waals surface area (Å²) in [6.07, 6.45) is 0. The molecule has 0 aliphatic rings. The van der Waals surface area contributed by atoms with Crippen LogP contribution in [0.2, 0.25) is 0 Å². The van der Waals surface area contributed by atoms with Crippen molar-refractivity contribution in [2.45, 2.75) is 0 Å². The summed E-state index contributed by atoms with van der Waals surface area (Å²) in [6, 6.07) is 2.63. The van der Waals surface area contributed by atoms with Gasteiger partial charge in [-0.1, -0.05) is 0 Å². The van der Waals surface area contributed by atoms with Crippen LogP contribution in [0.3, 0.4) is 0 Å². The molecule has 0 spiro atoms. The van der Waals surface area contributed by atoms with Crippen molar-refractivity contribution in [1.82, 2.24) is 9.88 Å². The van der Waals surface area contributed by atoms with Gasteiger partial charge in [0.1, 0.15) is 5.69 Å². The van der Waals surface area contributed by atoms with Gasteiger partial charge in [0.25, 0.3) is 5.91 Å². The topological polar surface area (TPSA) is 76.3 Å². The average Bonchev–Trinajstić information content (AvgIpc) is 2.15. The lowest BCUT2D eigenvalue weighted by Crippen LogP contribution is -2.23. The standard InChI is InChI=1S/C8H8IN3O3/c1-11(2)8(13)5-3-4-6(12(14)15)7(9)10-5/h3-4H,1-2H3. The third-order valence-electron chi connectivity index (χ3n) is 1.65. The molecular formula is C8H8IN3O3. The molecule has 0 bridgehead atoms. The Bertz CT molecular complexity index is 420. The zero-order valence-corrected chi connectivity index (χ0v) is 10.3. The highest BCUT2D eigenvalue weighted by atomic mass is 127. The summed E-state index contributed by atoms with van der Waals surface area (Å²) in [4.78, 5) is 26.7. The molecule has 0 aliphatic heterocycles. The molecule has 6 nitrogen and oxygen atoms in total. The highest BCUT2D eigenvalue weighted by Gasteiger charge is 2.17. The van der Waals surface area contributed by atoms with E-state index >= 15 is 0 Å². The van der Waals surface area contributed by atoms with Crippen molar-refractivity contribution >= 4 is 34.2 Å². The van der Waals surface area contributed by atoms with Gasteiger partial charge in [-0.2, -0.15) is 0 Å². The van der Waals surface area contributed by atoms with Gasteiger partial charge in [-0.15, -0.1) is 0 Å². The van der Waals surface area contributed by atoms with Crippen LogP contribution >= 0.6 is 22.6 Å². The Balaban J connectivity index is 3.12. The smallest absolute Gasteiger partial charge is 0.301 e. The van der Waals surface area contributed by atoms with Gasteiger partial charge in [0.2, 0.25) is 0 Å². The van der Waals surface area contributed by atoms with Crippen molar-refractivity contribution < 1.29 is 9.72 Å². The molecule has 1 rings (SSSR count). The van der Waals surface area contributed by atoms with Crippen molar-refractivity contribution in [3.63, 3.8) is 0 Å². The van der Waals surface area contributed by atoms with Gasteiger partial charge in [0, 0.05) is 20.2 Å². The predicted octanol–water partition coefficient (Wildman–Crippen LogP) is 1.30. The second kappa shape index (κ2) is 4.51. The largest absolute Gasteiger partial charge is 0.343 e. The number of nitro groups is 1. The van der Waals surface area contributed by atoms with Crippen LogP contribution < -0.4 is 0 Å². The third-order valence-corrected chi connectivity index (χ3v) is 2.44. The Labute approximate surface area is 99.6 Å². The van der Waals surface area contributed by atoms with E-state index in [0.717, 1.165) is 0 Å². The normalized spacial score (nSPS) is 9.80. The van der Waals surface area contributed by atoms with E-state index in [1.54, 1.807) is 36.7 Å². The fraction of sp³-hybridized carbons (Fsp3) is 0.250. The van der Waals surface area contributed by atoms with Crippen LogP contribution in [0.1, 0.15) is 10.5 Å². The lowest BCUT2D eigenvalue weighted by molar-refractivity contribution is -0.386. The van der Waals surface area contributed by atoms with Crippen LogP contribution in [0.15, 0.2) is 12.1 Å². The van der Waals surface area contributed by atoms with Crippen LogP contribution in [0, 0.1) is 13.8 Å². The van der Waals surface area contributed by atoms with Gasteiger partial charge in [-0.05, 0) is 28.7 Å². The second-order valence-electron chi connectivity index (χ2n) is 2.96. The van der Waals surface area contributed by atoms with Gasteiger partial charge >= 0.3 is 5.69 Å². The fourth-order valence-electron chi connectivity index (χ4n) is 0.911. The number of carbonyl (C=O) groups excluding carboxylic acids is 1. The van der Waals surface area contributed by atoms with Crippen molar-refractivity contribution in [3.05, 3.63) is 31.6 Å². The molecule has 1 aromatic rings. The Morgan fingerprint density at radius 3 is 2.53 bits per heavy atom. The molecule has 0 unspecified atom stereocenters. The summed E-state index contributed by atoms with van der Waals surface area (Å²) in [5.74, 6) is -0.275. The van der Waals surface area contributed by atoms with Crippen molar-refractivity contribution in [2.24, 2.45) is 0 Å². The predicted molar refractivity (Wildman–Crippen MR) is 61.6 cm³/mol. The van der Waals surface area contributed by atoms with Gasteiger partial charge in [0.05, 0.1) is 4.92 Å². The number of hydrogen-bond acceptors (Lipinski definition) is 4. The lowest BCUT2D eigenvalue weighted by Gasteiger charge is -2.09. The number of amides is 1. The number of nitrogens with zero attached hydrogens (tertiary/aromatic N) is 3. The van der Waals surface area contributed by atoms with E-state index in [1.807, 2.05) is 0 Å². The van der Waals surface area contributed by atoms with Crippen molar-refractivity contribution in [2.75, 3.05) is 14.1 Å². The van der Waals surface area contributed by atoms with Gasteiger partial charge < -0.3 is 4.90 Å². The van der Waals surface area contributed by atoms with E-state index in [9.17, 15) is 14.9 Å². The third kappa shape index (κ3) is 2.61. The SMILES string of the molecule is CN(C)C(=O)c1ccc([N+](=O)[O-])c(I)n1. The molecule has 0 saturated heterocycles. The first-order valence-corrected chi connectivity index (χ1v) is 5.04. The number of pyridine rings is 1. The average molecular weight is 321 g/mol. The number of halogens is 1. The fourth-order valence-corrected chi connectivity index (χ4v) is 1.55. The Morgan fingerprint density at radius 2 is 2.13 bits per heavy atom. The lowest BCUT2D eigenvalue weighted by atomic mass is 10.3. The summed E-state index contributed by atoms with van der Waals surface area (Å²) in [5, 5.41) is 10.5. The molecular weight excluding hydrogens is 313 g/mol. The van der Waals surface area contributed by atoms with Crippen LogP contribution in [0.5, 0.6) is 0 Å². The van der Waals surface area contributed by atoms with E-state index in [2.05, 4.69) is 4.98 Å². The van der Waals surface area contributed by atoms with Crippen molar-refractivity contribution in [3.8, 4) is 0 Å². The monoisotopic (exact) mass is 321 g/mol. The molecule has 0 aliphatic carbocycles. The van der Waals surface area contributed by atoms with Crippen LogP contribution in [0.4, 0.5) is 5.69 Å². The molecule has 0 aromatic carbocycles. The molecule has 80 valence electrons. The molecule has 0 N–H and O–H groups in total. The van der Waals surface area contributed by atoms with Crippen molar-refractivity contribution in [1.29, 1.82) is 0 Å². The molecule has 0 radical (unpaired) electrons. The zero-order valence-electron chi connectivity index (χ0n) is 8.10. The number of carbonyl (C=O) groups is 1. The number of hydrogen-bond donors (Lipinski definition) is 0. The number of aromatic nitrogens is 1. The molecule has 7 heteroatoms. The minimum Gasteiger partial charge on any atom is -0.343 e. The molecule has 1 amide bonds. The highest BCUT2D eigenvalue weighted by molar-refractivity contribution is 14.1. The molecule has 0 saturated carbocycles. The van der Waals surface area contributed by atoms with Gasteiger partial charge in [0.15, 0.2) is 3.70 Å². The van der Waals surface area contributed by atoms with E-state index in [4.69, 9.17) is 0 Å². The van der Waals surface area contributed by atoms with E-state index in [1.165, 1.54) is 17.0 Å². The number of rotatable bonds is 2. The van der Waals surface area contributed by atoms with Crippen LogP contribution in [-0.2, 0) is 0 Å². The van der Waals surface area contributed by atoms with E-state index in [0.29, 0.717) is 0 Å². The molecule has 1 heterocycles. The van der Waals surface area contributed by atoms with E-state index < -0.39 is 4.92 Å². The summed E-state index contributed by atoms with van der Waals surface area (Å²) in [5.41, 5.74) is 0.112. The summed E-state index contributed by atoms with van der Waals surface area (Å²) in [7, 11) is 3.19. The van der Waals surface area contributed by atoms with Gasteiger partial charge in [-0.3, -0.25) is 14.9 Å². The first-order valence-electron chi connectivity index (χ1n) is 3.96. The zero-order chi connectivity index (χ0) is 11.6. The summed E-state index contributed by atoms with van der Waals surface area (Å²) in [6.45, 7) is 0. The Kier molecular flexibility index (Phi) is 3.56. The summed E-state index contributed by atoms with van der Waals surface area (Å²) >= 11 is 1.73. The molecule has 15 heavy (non-hydrogen) atoms. The van der Waals surface area contributed by atoms with E-state index in [-0.39, 0.29) is 21.0 Å². The van der Waals surface area contributed by atoms with Crippen LogP contribution in [0.25, 0.3) is 0 Å². The first kappa shape index (κ1) is 11.8. The summed E-state index contributed by atoms with van der Waals surface area (Å²) < 4.78 is 0.213. The second-order valence-corrected chi connectivity index (χ2v) is 3.98. The highest BCUT2D eigenvalue weighted by Crippen LogP contribution is 2.18. The quantitative estimate of drug-likeness (QED) is 0.356. The molecule has 0 atom stereocenters.